The first-order valence-electron chi connectivity index (χ1n) is 7.95. The molecule has 1 N–H and O–H groups in total. The Kier molecular flexibility index (Phi) is 5.27. The van der Waals surface area contributed by atoms with Crippen LogP contribution in [-0.4, -0.2) is 34.7 Å². The van der Waals surface area contributed by atoms with Crippen LogP contribution in [0.5, 0.6) is 11.5 Å². The molecule has 26 heavy (non-hydrogen) atoms. The van der Waals surface area contributed by atoms with Gasteiger partial charge in [-0.15, -0.1) is 0 Å². The Bertz CT molecular complexity index is 894. The van der Waals surface area contributed by atoms with Gasteiger partial charge in [-0.25, -0.2) is 9.38 Å². The van der Waals surface area contributed by atoms with Crippen molar-refractivity contribution in [1.82, 2.24) is 4.90 Å². The predicted octanol–water partition coefficient (Wildman–Crippen LogP) is 4.16. The van der Waals surface area contributed by atoms with Crippen molar-refractivity contribution in [3.63, 3.8) is 0 Å². The van der Waals surface area contributed by atoms with Gasteiger partial charge in [0, 0.05) is 12.1 Å². The van der Waals surface area contributed by atoms with Gasteiger partial charge in [0.2, 0.25) is 0 Å². The summed E-state index contributed by atoms with van der Waals surface area (Å²) in [5, 5.41) is 10.7. The number of para-hydroxylation sites is 1. The number of amidine groups is 1. The zero-order chi connectivity index (χ0) is 18.7. The fraction of sp³-hybridized carbons (Fsp3) is 0.158. The number of benzene rings is 2. The van der Waals surface area contributed by atoms with E-state index in [0.29, 0.717) is 33.6 Å². The van der Waals surface area contributed by atoms with E-state index in [1.54, 1.807) is 36.4 Å². The Labute approximate surface area is 154 Å². The highest BCUT2D eigenvalue weighted by molar-refractivity contribution is 8.18. The Balaban J connectivity index is 1.95. The van der Waals surface area contributed by atoms with E-state index in [1.807, 2.05) is 6.92 Å². The molecule has 0 saturated carbocycles. The molecule has 1 heterocycles. The standard InChI is InChI=1S/C19H17FN2O3S/c1-3-22-18(24)16(11-12-5-4-6-15(25-2)17(12)23)26-19(22)21-14-9-7-13(20)8-10-14/h4-11,23H,3H2,1-2H3/b16-11-,21-19?. The number of phenols is 1. The summed E-state index contributed by atoms with van der Waals surface area (Å²) >= 11 is 1.21. The molecule has 1 saturated heterocycles. The van der Waals surface area contributed by atoms with Gasteiger partial charge in [-0.1, -0.05) is 12.1 Å². The van der Waals surface area contributed by atoms with Crippen molar-refractivity contribution in [2.75, 3.05) is 13.7 Å². The number of rotatable bonds is 4. The van der Waals surface area contributed by atoms with E-state index in [9.17, 15) is 14.3 Å². The number of nitrogens with zero attached hydrogens (tertiary/aromatic N) is 2. The van der Waals surface area contributed by atoms with Crippen molar-refractivity contribution < 1.29 is 19.0 Å². The number of aromatic hydroxyl groups is 1. The van der Waals surface area contributed by atoms with E-state index in [0.717, 1.165) is 0 Å². The molecule has 1 fully saturated rings. The number of carbonyl (C=O) groups is 1. The van der Waals surface area contributed by atoms with Crippen LogP contribution in [0.15, 0.2) is 52.4 Å². The molecule has 0 atom stereocenters. The molecule has 2 aromatic rings. The van der Waals surface area contributed by atoms with Crippen LogP contribution < -0.4 is 4.74 Å². The summed E-state index contributed by atoms with van der Waals surface area (Å²) in [5.74, 6) is -0.226. The lowest BCUT2D eigenvalue weighted by Crippen LogP contribution is -2.28. The van der Waals surface area contributed by atoms with E-state index in [4.69, 9.17) is 4.74 Å². The second-order valence-corrected chi connectivity index (χ2v) is 6.44. The second-order valence-electron chi connectivity index (χ2n) is 5.43. The number of hydrogen-bond acceptors (Lipinski definition) is 5. The third-order valence-electron chi connectivity index (χ3n) is 3.79. The summed E-state index contributed by atoms with van der Waals surface area (Å²) in [6.07, 6.45) is 1.61. The van der Waals surface area contributed by atoms with Crippen LogP contribution in [0.1, 0.15) is 12.5 Å². The van der Waals surface area contributed by atoms with Crippen molar-refractivity contribution >= 4 is 34.6 Å². The molecule has 1 amide bonds. The lowest BCUT2D eigenvalue weighted by molar-refractivity contribution is -0.122. The fourth-order valence-electron chi connectivity index (χ4n) is 2.46. The van der Waals surface area contributed by atoms with Gasteiger partial charge in [-0.3, -0.25) is 9.69 Å². The van der Waals surface area contributed by atoms with Gasteiger partial charge in [0.05, 0.1) is 17.7 Å². The molecule has 0 aliphatic carbocycles. The third-order valence-corrected chi connectivity index (χ3v) is 4.80. The van der Waals surface area contributed by atoms with Crippen molar-refractivity contribution in [2.45, 2.75) is 6.92 Å². The summed E-state index contributed by atoms with van der Waals surface area (Å²) in [4.78, 5) is 19.1. The highest BCUT2D eigenvalue weighted by Crippen LogP contribution is 2.37. The molecule has 1 aliphatic heterocycles. The van der Waals surface area contributed by atoms with E-state index in [1.165, 1.54) is 35.9 Å². The van der Waals surface area contributed by atoms with Gasteiger partial charge >= 0.3 is 0 Å². The number of hydrogen-bond donors (Lipinski definition) is 1. The maximum Gasteiger partial charge on any atom is 0.266 e. The average molecular weight is 372 g/mol. The zero-order valence-electron chi connectivity index (χ0n) is 14.3. The predicted molar refractivity (Wildman–Crippen MR) is 101 cm³/mol. The smallest absolute Gasteiger partial charge is 0.266 e. The highest BCUT2D eigenvalue weighted by Gasteiger charge is 2.32. The van der Waals surface area contributed by atoms with Crippen molar-refractivity contribution in [3.8, 4) is 11.5 Å². The molecule has 0 bridgehead atoms. The molecule has 7 heteroatoms. The number of likely N-dealkylation sites (N-methyl/N-ethyl adjacent to an activating group) is 1. The number of carbonyl (C=O) groups excluding carboxylic acids is 1. The van der Waals surface area contributed by atoms with E-state index in [-0.39, 0.29) is 17.5 Å². The monoisotopic (exact) mass is 372 g/mol. The first-order chi connectivity index (χ1) is 12.5. The van der Waals surface area contributed by atoms with Crippen LogP contribution in [0, 0.1) is 5.82 Å². The third kappa shape index (κ3) is 3.57. The van der Waals surface area contributed by atoms with Gasteiger partial charge < -0.3 is 9.84 Å². The van der Waals surface area contributed by atoms with E-state index >= 15 is 0 Å². The maximum absolute atomic E-state index is 13.0. The molecule has 134 valence electrons. The summed E-state index contributed by atoms with van der Waals surface area (Å²) in [6, 6.07) is 10.8. The van der Waals surface area contributed by atoms with Gasteiger partial charge in [0.1, 0.15) is 5.82 Å². The number of ether oxygens (including phenoxy) is 1. The average Bonchev–Trinajstić information content (AvgIpc) is 2.93. The minimum atomic E-state index is -0.342. The normalized spacial score (nSPS) is 17.3. The van der Waals surface area contributed by atoms with Crippen LogP contribution in [0.3, 0.4) is 0 Å². The molecule has 0 spiro atoms. The van der Waals surface area contributed by atoms with Gasteiger partial charge in [-0.2, -0.15) is 0 Å². The fourth-order valence-corrected chi connectivity index (χ4v) is 3.51. The molecular weight excluding hydrogens is 355 g/mol. The molecule has 0 aromatic heterocycles. The Hall–Kier alpha value is -2.80. The summed E-state index contributed by atoms with van der Waals surface area (Å²) in [7, 11) is 1.47. The minimum Gasteiger partial charge on any atom is -0.504 e. The summed E-state index contributed by atoms with van der Waals surface area (Å²) in [6.45, 7) is 2.30. The lowest BCUT2D eigenvalue weighted by atomic mass is 10.1. The van der Waals surface area contributed by atoms with Crippen molar-refractivity contribution in [1.29, 1.82) is 0 Å². The molecule has 1 aliphatic rings. The van der Waals surface area contributed by atoms with Crippen LogP contribution >= 0.6 is 11.8 Å². The van der Waals surface area contributed by atoms with Crippen LogP contribution in [0.2, 0.25) is 0 Å². The quantitative estimate of drug-likeness (QED) is 0.819. The number of amides is 1. The molecule has 5 nitrogen and oxygen atoms in total. The number of phenolic OH excluding ortho intramolecular Hbond substituents is 1. The van der Waals surface area contributed by atoms with E-state index in [2.05, 4.69) is 4.99 Å². The highest BCUT2D eigenvalue weighted by atomic mass is 32.2. The summed E-state index contributed by atoms with van der Waals surface area (Å²) < 4.78 is 18.1. The first-order valence-corrected chi connectivity index (χ1v) is 8.76. The Morgan fingerprint density at radius 3 is 2.65 bits per heavy atom. The van der Waals surface area contributed by atoms with Crippen molar-refractivity contribution in [3.05, 3.63) is 58.8 Å². The van der Waals surface area contributed by atoms with Gasteiger partial charge in [0.15, 0.2) is 16.7 Å². The van der Waals surface area contributed by atoms with Crippen LogP contribution in [0.25, 0.3) is 6.08 Å². The Morgan fingerprint density at radius 1 is 1.27 bits per heavy atom. The van der Waals surface area contributed by atoms with Crippen molar-refractivity contribution in [2.24, 2.45) is 4.99 Å². The molecule has 0 radical (unpaired) electrons. The molecule has 2 aromatic carbocycles. The second kappa shape index (κ2) is 7.61. The number of aliphatic imine (C=N–C) groups is 1. The first kappa shape index (κ1) is 18.0. The summed E-state index contributed by atoms with van der Waals surface area (Å²) in [5.41, 5.74) is 1.05. The SMILES string of the molecule is CCN1C(=O)/C(=C/c2cccc(OC)c2O)SC1=Nc1ccc(F)cc1. The largest absolute Gasteiger partial charge is 0.504 e. The Morgan fingerprint density at radius 2 is 2.00 bits per heavy atom. The molecular formula is C19H17FN2O3S. The van der Waals surface area contributed by atoms with Gasteiger partial charge in [0.25, 0.3) is 5.91 Å². The zero-order valence-corrected chi connectivity index (χ0v) is 15.1. The number of thioether (sulfide) groups is 1. The topological polar surface area (TPSA) is 62.1 Å². The minimum absolute atomic E-state index is 0.0251. The number of halogens is 1. The van der Waals surface area contributed by atoms with Crippen LogP contribution in [0.4, 0.5) is 10.1 Å². The van der Waals surface area contributed by atoms with Crippen LogP contribution in [-0.2, 0) is 4.79 Å². The van der Waals surface area contributed by atoms with E-state index < -0.39 is 0 Å². The molecule has 3 rings (SSSR count). The molecule has 0 unspecified atom stereocenters. The van der Waals surface area contributed by atoms with Gasteiger partial charge in [-0.05, 0) is 55.1 Å². The maximum atomic E-state index is 13.0. The lowest BCUT2D eigenvalue weighted by Gasteiger charge is -2.12. The number of methoxy groups -OCH3 is 1.